The van der Waals surface area contributed by atoms with Gasteiger partial charge in [-0.25, -0.2) is 9.48 Å². The summed E-state index contributed by atoms with van der Waals surface area (Å²) in [6, 6.07) is 16.4. The molecular weight excluding hydrogens is 356 g/mol. The number of carboxylic acid groups (broad SMARTS) is 1. The maximum Gasteiger partial charge on any atom is 0.352 e. The van der Waals surface area contributed by atoms with Crippen LogP contribution in [0.15, 0.2) is 72.6 Å². The SMILES string of the molecule is Cc1cccc(NC(=O)c2cnn3c2NC(C(=O)O)=C[C@@H]3c2ccccc2)c1. The van der Waals surface area contributed by atoms with Crippen molar-refractivity contribution in [3.8, 4) is 0 Å². The van der Waals surface area contributed by atoms with Gasteiger partial charge in [0.15, 0.2) is 0 Å². The van der Waals surface area contributed by atoms with Gasteiger partial charge in [0, 0.05) is 5.69 Å². The average molecular weight is 374 g/mol. The average Bonchev–Trinajstić information content (AvgIpc) is 3.12. The number of amides is 1. The fourth-order valence-corrected chi connectivity index (χ4v) is 3.20. The highest BCUT2D eigenvalue weighted by Crippen LogP contribution is 2.32. The van der Waals surface area contributed by atoms with Crippen LogP contribution in [-0.4, -0.2) is 26.8 Å². The molecule has 0 spiro atoms. The molecule has 1 atom stereocenters. The van der Waals surface area contributed by atoms with Crippen LogP contribution in [0.3, 0.4) is 0 Å². The lowest BCUT2D eigenvalue weighted by Crippen LogP contribution is -2.25. The van der Waals surface area contributed by atoms with E-state index in [1.54, 1.807) is 16.8 Å². The van der Waals surface area contributed by atoms with Gasteiger partial charge in [0.25, 0.3) is 5.91 Å². The highest BCUT2D eigenvalue weighted by atomic mass is 16.4. The van der Waals surface area contributed by atoms with Crippen molar-refractivity contribution < 1.29 is 14.7 Å². The van der Waals surface area contributed by atoms with Crippen LogP contribution >= 0.6 is 0 Å². The van der Waals surface area contributed by atoms with E-state index in [2.05, 4.69) is 15.7 Å². The van der Waals surface area contributed by atoms with Gasteiger partial charge < -0.3 is 15.7 Å². The molecule has 0 saturated heterocycles. The second-order valence-electron chi connectivity index (χ2n) is 6.54. The lowest BCUT2D eigenvalue weighted by atomic mass is 10.0. The topological polar surface area (TPSA) is 96.3 Å². The smallest absolute Gasteiger partial charge is 0.352 e. The molecule has 2 heterocycles. The zero-order valence-corrected chi connectivity index (χ0v) is 15.1. The summed E-state index contributed by atoms with van der Waals surface area (Å²) in [7, 11) is 0. The number of rotatable bonds is 4. The van der Waals surface area contributed by atoms with E-state index in [9.17, 15) is 14.7 Å². The number of carbonyl (C=O) groups is 2. The van der Waals surface area contributed by atoms with Gasteiger partial charge in [-0.1, -0.05) is 42.5 Å². The summed E-state index contributed by atoms with van der Waals surface area (Å²) in [4.78, 5) is 24.4. The molecule has 0 aliphatic carbocycles. The van der Waals surface area contributed by atoms with Crippen LogP contribution in [0.4, 0.5) is 11.5 Å². The van der Waals surface area contributed by atoms with Gasteiger partial charge in [-0.2, -0.15) is 5.10 Å². The minimum Gasteiger partial charge on any atom is -0.477 e. The monoisotopic (exact) mass is 374 g/mol. The van der Waals surface area contributed by atoms with Crippen LogP contribution in [0.5, 0.6) is 0 Å². The molecule has 140 valence electrons. The number of hydrogen-bond acceptors (Lipinski definition) is 4. The second-order valence-corrected chi connectivity index (χ2v) is 6.54. The minimum atomic E-state index is -1.10. The van der Waals surface area contributed by atoms with Crippen molar-refractivity contribution in [3.05, 3.63) is 89.3 Å². The normalized spacial score (nSPS) is 15.2. The first kappa shape index (κ1) is 17.5. The zero-order valence-electron chi connectivity index (χ0n) is 15.1. The molecule has 1 aliphatic rings. The predicted octanol–water partition coefficient (Wildman–Crippen LogP) is 3.43. The molecule has 1 aliphatic heterocycles. The van der Waals surface area contributed by atoms with Crippen molar-refractivity contribution in [3.63, 3.8) is 0 Å². The molecule has 0 radical (unpaired) electrons. The molecule has 7 nitrogen and oxygen atoms in total. The molecular formula is C21H18N4O3. The Balaban J connectivity index is 1.71. The number of allylic oxidation sites excluding steroid dienone is 1. The Morgan fingerprint density at radius 1 is 1.14 bits per heavy atom. The molecule has 4 rings (SSSR count). The Morgan fingerprint density at radius 2 is 1.93 bits per heavy atom. The number of carboxylic acids is 1. The number of aromatic nitrogens is 2. The van der Waals surface area contributed by atoms with Crippen LogP contribution in [0.2, 0.25) is 0 Å². The first-order valence-corrected chi connectivity index (χ1v) is 8.75. The van der Waals surface area contributed by atoms with Gasteiger partial charge in [-0.3, -0.25) is 4.79 Å². The number of nitrogens with zero attached hydrogens (tertiary/aromatic N) is 2. The van der Waals surface area contributed by atoms with Crippen molar-refractivity contribution in [1.82, 2.24) is 9.78 Å². The number of hydrogen-bond donors (Lipinski definition) is 3. The van der Waals surface area contributed by atoms with Gasteiger partial charge in [-0.15, -0.1) is 0 Å². The summed E-state index contributed by atoms with van der Waals surface area (Å²) in [5, 5.41) is 19.5. The van der Waals surface area contributed by atoms with Crippen LogP contribution in [-0.2, 0) is 4.79 Å². The highest BCUT2D eigenvalue weighted by Gasteiger charge is 2.29. The van der Waals surface area contributed by atoms with Crippen molar-refractivity contribution in [2.24, 2.45) is 0 Å². The Morgan fingerprint density at radius 3 is 2.64 bits per heavy atom. The standard InChI is InChI=1S/C21H18N4O3/c1-13-6-5-9-15(10-13)23-20(26)16-12-22-25-18(14-7-3-2-4-8-14)11-17(21(27)28)24-19(16)25/h2-12,18,24H,1H3,(H,23,26)(H,27,28)/t18-/m1/s1. The molecule has 0 bridgehead atoms. The molecule has 1 aromatic heterocycles. The quantitative estimate of drug-likeness (QED) is 0.650. The molecule has 3 aromatic rings. The van der Waals surface area contributed by atoms with Gasteiger partial charge in [0.2, 0.25) is 0 Å². The number of nitrogens with one attached hydrogen (secondary N) is 2. The number of carbonyl (C=O) groups excluding carboxylic acids is 1. The summed E-state index contributed by atoms with van der Waals surface area (Å²) >= 11 is 0. The van der Waals surface area contributed by atoms with Crippen molar-refractivity contribution in [1.29, 1.82) is 0 Å². The van der Waals surface area contributed by atoms with Crippen molar-refractivity contribution in [2.45, 2.75) is 13.0 Å². The third kappa shape index (κ3) is 3.25. The number of fused-ring (bicyclic) bond motifs is 1. The van der Waals surface area contributed by atoms with Crippen LogP contribution in [0.25, 0.3) is 0 Å². The van der Waals surface area contributed by atoms with E-state index >= 15 is 0 Å². The Kier molecular flexibility index (Phi) is 4.41. The number of aliphatic carboxylic acids is 1. The molecule has 1 amide bonds. The maximum atomic E-state index is 12.8. The largest absolute Gasteiger partial charge is 0.477 e. The van der Waals surface area contributed by atoms with Gasteiger partial charge in [0.05, 0.1) is 12.2 Å². The van der Waals surface area contributed by atoms with Crippen molar-refractivity contribution >= 4 is 23.4 Å². The van der Waals surface area contributed by atoms with E-state index in [0.29, 0.717) is 11.5 Å². The van der Waals surface area contributed by atoms with E-state index in [4.69, 9.17) is 0 Å². The highest BCUT2D eigenvalue weighted by molar-refractivity contribution is 6.08. The van der Waals surface area contributed by atoms with Crippen LogP contribution in [0, 0.1) is 6.92 Å². The van der Waals surface area contributed by atoms with Crippen LogP contribution < -0.4 is 10.6 Å². The molecule has 3 N–H and O–H groups in total. The maximum absolute atomic E-state index is 12.8. The van der Waals surface area contributed by atoms with E-state index in [1.807, 2.05) is 55.5 Å². The summed E-state index contributed by atoms with van der Waals surface area (Å²) in [5.41, 5.74) is 2.83. The zero-order chi connectivity index (χ0) is 19.7. The lowest BCUT2D eigenvalue weighted by molar-refractivity contribution is -0.132. The first-order chi connectivity index (χ1) is 13.5. The number of benzene rings is 2. The number of aryl methyl sites for hydroxylation is 1. The van der Waals surface area contributed by atoms with Gasteiger partial charge >= 0.3 is 5.97 Å². The first-order valence-electron chi connectivity index (χ1n) is 8.75. The molecule has 0 fully saturated rings. The Hall–Kier alpha value is -3.87. The molecule has 2 aromatic carbocycles. The summed E-state index contributed by atoms with van der Waals surface area (Å²) in [6.45, 7) is 1.94. The van der Waals surface area contributed by atoms with Crippen molar-refractivity contribution in [2.75, 3.05) is 10.6 Å². The van der Waals surface area contributed by atoms with Gasteiger partial charge in [0.1, 0.15) is 17.1 Å². The molecule has 0 saturated carbocycles. The molecule has 28 heavy (non-hydrogen) atoms. The number of anilines is 2. The molecule has 7 heteroatoms. The second kappa shape index (κ2) is 7.03. The minimum absolute atomic E-state index is 0.00598. The third-order valence-corrected chi connectivity index (χ3v) is 4.53. The molecule has 0 unspecified atom stereocenters. The fourth-order valence-electron chi connectivity index (χ4n) is 3.20. The summed E-state index contributed by atoms with van der Waals surface area (Å²) in [6.07, 6.45) is 3.03. The Labute approximate surface area is 161 Å². The predicted molar refractivity (Wildman–Crippen MR) is 105 cm³/mol. The van der Waals surface area contributed by atoms with Gasteiger partial charge in [-0.05, 0) is 36.3 Å². The van der Waals surface area contributed by atoms with E-state index in [1.165, 1.54) is 6.20 Å². The van der Waals surface area contributed by atoms with E-state index in [-0.39, 0.29) is 17.2 Å². The van der Waals surface area contributed by atoms with Crippen LogP contribution in [0.1, 0.15) is 27.5 Å². The van der Waals surface area contributed by atoms with E-state index in [0.717, 1.165) is 11.1 Å². The Bertz CT molecular complexity index is 1090. The van der Waals surface area contributed by atoms with E-state index < -0.39 is 12.0 Å². The summed E-state index contributed by atoms with van der Waals surface area (Å²) in [5.74, 6) is -1.12. The summed E-state index contributed by atoms with van der Waals surface area (Å²) < 4.78 is 1.62. The fraction of sp³-hybridized carbons (Fsp3) is 0.0952. The third-order valence-electron chi connectivity index (χ3n) is 4.53. The lowest BCUT2D eigenvalue weighted by Gasteiger charge is -2.24.